The predicted molar refractivity (Wildman–Crippen MR) is 42.2 cm³/mol. The van der Waals surface area contributed by atoms with Crippen LogP contribution in [0.1, 0.15) is 10.4 Å². The van der Waals surface area contributed by atoms with Crippen molar-refractivity contribution in [1.82, 2.24) is 4.98 Å². The molecule has 1 amide bonds. The monoisotopic (exact) mass is 182 g/mol. The molecule has 0 saturated carbocycles. The summed E-state index contributed by atoms with van der Waals surface area (Å²) in [5.41, 5.74) is 0.171. The maximum atomic E-state index is 11.1. The van der Waals surface area contributed by atoms with Crippen molar-refractivity contribution in [1.29, 1.82) is 0 Å². The lowest BCUT2D eigenvalue weighted by molar-refractivity contribution is -0.112. The Morgan fingerprint density at radius 1 is 1.42 bits per heavy atom. The van der Waals surface area contributed by atoms with Gasteiger partial charge in [-0.15, -0.1) is 0 Å². The van der Waals surface area contributed by atoms with Crippen LogP contribution in [0.4, 0.5) is 5.82 Å². The number of carbonyl (C=O) groups is 2. The van der Waals surface area contributed by atoms with Gasteiger partial charge in [-0.2, -0.15) is 0 Å². The summed E-state index contributed by atoms with van der Waals surface area (Å²) in [5, 5.41) is 2.56. The summed E-state index contributed by atoms with van der Waals surface area (Å²) in [5.74, 6) is -1.05. The minimum absolute atomic E-state index is 0.171. The van der Waals surface area contributed by atoms with Crippen LogP contribution >= 0.6 is 11.6 Å². The van der Waals surface area contributed by atoms with Gasteiger partial charge in [0.1, 0.15) is 5.82 Å². The van der Waals surface area contributed by atoms with Crippen LogP contribution in [0.15, 0.2) is 12.3 Å². The van der Waals surface area contributed by atoms with Gasteiger partial charge in [0.25, 0.3) is 11.7 Å². The number of amides is 1. The van der Waals surface area contributed by atoms with Gasteiger partial charge in [0, 0.05) is 6.20 Å². The number of fused-ring (bicyclic) bond motifs is 1. The molecule has 1 aliphatic rings. The summed E-state index contributed by atoms with van der Waals surface area (Å²) in [6, 6.07) is 1.47. The third-order valence-electron chi connectivity index (χ3n) is 1.57. The third kappa shape index (κ3) is 0.816. The number of anilines is 1. The van der Waals surface area contributed by atoms with Gasteiger partial charge in [-0.25, -0.2) is 4.98 Å². The average molecular weight is 183 g/mol. The summed E-state index contributed by atoms with van der Waals surface area (Å²) in [6.45, 7) is 0. The van der Waals surface area contributed by atoms with Crippen molar-refractivity contribution in [2.45, 2.75) is 0 Å². The second-order valence-electron chi connectivity index (χ2n) is 2.30. The zero-order valence-corrected chi connectivity index (χ0v) is 6.55. The van der Waals surface area contributed by atoms with Gasteiger partial charge < -0.3 is 5.32 Å². The highest BCUT2D eigenvalue weighted by Gasteiger charge is 2.31. The number of hydrogen-bond acceptors (Lipinski definition) is 3. The summed E-state index contributed by atoms with van der Waals surface area (Å²) in [4.78, 5) is 25.7. The van der Waals surface area contributed by atoms with E-state index in [1.54, 1.807) is 0 Å². The number of hydrogen-bond donors (Lipinski definition) is 1. The fourth-order valence-corrected chi connectivity index (χ4v) is 1.26. The Hall–Kier alpha value is -1.42. The normalized spacial score (nSPS) is 14.4. The smallest absolute Gasteiger partial charge is 0.298 e. The molecule has 0 unspecified atom stereocenters. The number of halogens is 1. The van der Waals surface area contributed by atoms with Crippen molar-refractivity contribution in [3.63, 3.8) is 0 Å². The van der Waals surface area contributed by atoms with E-state index in [1.807, 2.05) is 0 Å². The van der Waals surface area contributed by atoms with Crippen LogP contribution in [0.2, 0.25) is 5.02 Å². The van der Waals surface area contributed by atoms with Gasteiger partial charge in [0.2, 0.25) is 0 Å². The minimum atomic E-state index is -0.675. The van der Waals surface area contributed by atoms with Crippen LogP contribution < -0.4 is 5.32 Å². The Balaban J connectivity index is 2.70. The van der Waals surface area contributed by atoms with Crippen molar-refractivity contribution in [2.75, 3.05) is 5.32 Å². The van der Waals surface area contributed by atoms with Gasteiger partial charge in [0.15, 0.2) is 0 Å². The van der Waals surface area contributed by atoms with Gasteiger partial charge in [0.05, 0.1) is 10.6 Å². The summed E-state index contributed by atoms with van der Waals surface area (Å²) in [7, 11) is 0. The zero-order valence-electron chi connectivity index (χ0n) is 5.80. The van der Waals surface area contributed by atoms with Crippen LogP contribution in [-0.4, -0.2) is 16.7 Å². The second-order valence-corrected chi connectivity index (χ2v) is 2.71. The first-order valence-corrected chi connectivity index (χ1v) is 3.58. The number of ketones is 1. The molecule has 0 atom stereocenters. The van der Waals surface area contributed by atoms with E-state index in [9.17, 15) is 9.59 Å². The van der Waals surface area contributed by atoms with E-state index in [-0.39, 0.29) is 16.4 Å². The number of Topliss-reactive ketones (excluding diaryl/α,β-unsaturated/α-hetero) is 1. The van der Waals surface area contributed by atoms with Crippen molar-refractivity contribution < 1.29 is 9.59 Å². The molecule has 1 aromatic rings. The lowest BCUT2D eigenvalue weighted by atomic mass is 10.2. The molecular weight excluding hydrogens is 180 g/mol. The van der Waals surface area contributed by atoms with Crippen molar-refractivity contribution >= 4 is 29.1 Å². The quantitative estimate of drug-likeness (QED) is 0.606. The highest BCUT2D eigenvalue weighted by Crippen LogP contribution is 2.26. The Kier molecular flexibility index (Phi) is 1.38. The maximum absolute atomic E-state index is 11.1. The molecule has 0 aromatic carbocycles. The molecule has 1 N–H and O–H groups in total. The Morgan fingerprint density at radius 3 is 2.83 bits per heavy atom. The molecule has 4 nitrogen and oxygen atoms in total. The van der Waals surface area contributed by atoms with Gasteiger partial charge in [-0.05, 0) is 6.07 Å². The Labute approximate surface area is 72.6 Å². The molecule has 0 bridgehead atoms. The van der Waals surface area contributed by atoms with E-state index in [4.69, 9.17) is 11.6 Å². The standard InChI is InChI=1S/C7H3ClN2O2/c8-3-1-2-9-6-4(3)5(11)7(12)10-6/h1-2H,(H,9,10,11,12). The minimum Gasteiger partial charge on any atom is -0.303 e. The van der Waals surface area contributed by atoms with E-state index >= 15 is 0 Å². The fourth-order valence-electron chi connectivity index (χ4n) is 1.03. The van der Waals surface area contributed by atoms with E-state index in [0.717, 1.165) is 0 Å². The molecule has 0 spiro atoms. The predicted octanol–water partition coefficient (Wildman–Crippen LogP) is 0.870. The lowest BCUT2D eigenvalue weighted by Gasteiger charge is -1.94. The Morgan fingerprint density at radius 2 is 2.17 bits per heavy atom. The SMILES string of the molecule is O=C1Nc2nccc(Cl)c2C1=O. The largest absolute Gasteiger partial charge is 0.303 e. The summed E-state index contributed by atoms with van der Waals surface area (Å²) < 4.78 is 0. The number of pyridine rings is 1. The first-order valence-electron chi connectivity index (χ1n) is 3.20. The zero-order chi connectivity index (χ0) is 8.72. The molecule has 0 saturated heterocycles. The number of nitrogens with zero attached hydrogens (tertiary/aromatic N) is 1. The van der Waals surface area contributed by atoms with Crippen LogP contribution in [-0.2, 0) is 4.79 Å². The number of carbonyl (C=O) groups excluding carboxylic acids is 2. The number of rotatable bonds is 0. The molecular formula is C7H3ClN2O2. The topological polar surface area (TPSA) is 59.1 Å². The first-order chi connectivity index (χ1) is 5.70. The molecule has 0 radical (unpaired) electrons. The molecule has 0 fully saturated rings. The molecule has 0 aliphatic carbocycles. The lowest BCUT2D eigenvalue weighted by Crippen LogP contribution is -2.12. The molecule has 2 rings (SSSR count). The third-order valence-corrected chi connectivity index (χ3v) is 1.88. The average Bonchev–Trinajstić information content (AvgIpc) is 2.29. The number of aromatic nitrogens is 1. The molecule has 1 aromatic heterocycles. The molecule has 60 valence electrons. The van der Waals surface area contributed by atoms with Crippen molar-refractivity contribution in [2.24, 2.45) is 0 Å². The van der Waals surface area contributed by atoms with Gasteiger partial charge in [-0.3, -0.25) is 9.59 Å². The van der Waals surface area contributed by atoms with Gasteiger partial charge in [-0.1, -0.05) is 11.6 Å². The van der Waals surface area contributed by atoms with E-state index in [1.165, 1.54) is 12.3 Å². The molecule has 1 aliphatic heterocycles. The van der Waals surface area contributed by atoms with Crippen LogP contribution in [0.25, 0.3) is 0 Å². The second kappa shape index (κ2) is 2.28. The van der Waals surface area contributed by atoms with Crippen molar-refractivity contribution in [3.05, 3.63) is 22.8 Å². The summed E-state index contributed by atoms with van der Waals surface area (Å²) >= 11 is 5.68. The highest BCUT2D eigenvalue weighted by atomic mass is 35.5. The molecule has 5 heteroatoms. The van der Waals surface area contributed by atoms with E-state index < -0.39 is 11.7 Å². The molecule has 12 heavy (non-hydrogen) atoms. The van der Waals surface area contributed by atoms with E-state index in [0.29, 0.717) is 0 Å². The Bertz CT molecular complexity index is 389. The summed E-state index contributed by atoms with van der Waals surface area (Å²) in [6.07, 6.45) is 1.43. The highest BCUT2D eigenvalue weighted by molar-refractivity contribution is 6.54. The van der Waals surface area contributed by atoms with Crippen molar-refractivity contribution in [3.8, 4) is 0 Å². The number of nitrogens with one attached hydrogen (secondary N) is 1. The van der Waals surface area contributed by atoms with E-state index in [2.05, 4.69) is 10.3 Å². The molecule has 2 heterocycles. The van der Waals surface area contributed by atoms with Gasteiger partial charge >= 0.3 is 0 Å². The maximum Gasteiger partial charge on any atom is 0.298 e. The fraction of sp³-hybridized carbons (Fsp3) is 0. The van der Waals surface area contributed by atoms with Crippen LogP contribution in [0, 0.1) is 0 Å². The van der Waals surface area contributed by atoms with Crippen LogP contribution in [0.3, 0.4) is 0 Å². The first kappa shape index (κ1) is 7.24. The van der Waals surface area contributed by atoms with Crippen LogP contribution in [0.5, 0.6) is 0 Å².